The number of hydrogen-bond acceptors (Lipinski definition) is 6. The fourth-order valence-electron chi connectivity index (χ4n) is 2.02. The van der Waals surface area contributed by atoms with Crippen LogP contribution in [0.2, 0.25) is 0 Å². The third kappa shape index (κ3) is 5.11. The Kier molecular flexibility index (Phi) is 6.81. The molecule has 0 saturated heterocycles. The second kappa shape index (κ2) is 9.07. The molecular weight excluding hydrogens is 408 g/mol. The van der Waals surface area contributed by atoms with Crippen LogP contribution in [0.25, 0.3) is 0 Å². The number of carbonyl (C=O) groups excluding carboxylic acids is 2. The van der Waals surface area contributed by atoms with Crippen LogP contribution in [-0.4, -0.2) is 30.0 Å². The van der Waals surface area contributed by atoms with E-state index < -0.39 is 22.9 Å². The van der Waals surface area contributed by atoms with Gasteiger partial charge in [-0.15, -0.1) is 0 Å². The number of nitrogens with zero attached hydrogens (tertiary/aromatic N) is 1. The normalized spacial score (nSPS) is 11.5. The molecule has 1 unspecified atom stereocenters. The number of rotatable bonds is 7. The third-order valence-corrected chi connectivity index (χ3v) is 4.14. The quantitative estimate of drug-likeness (QED) is 0.318. The Morgan fingerprint density at radius 2 is 1.85 bits per heavy atom. The van der Waals surface area contributed by atoms with Crippen molar-refractivity contribution in [2.45, 2.75) is 12.7 Å². The average molecular weight is 423 g/mol. The van der Waals surface area contributed by atoms with E-state index in [0.29, 0.717) is 5.69 Å². The first-order chi connectivity index (χ1) is 12.4. The van der Waals surface area contributed by atoms with Crippen LogP contribution in [0.4, 0.5) is 11.4 Å². The Morgan fingerprint density at radius 3 is 2.42 bits per heavy atom. The molecular formula is C17H15BrN2O6. The van der Waals surface area contributed by atoms with Crippen molar-refractivity contribution in [1.82, 2.24) is 0 Å². The zero-order chi connectivity index (χ0) is 19.1. The highest BCUT2D eigenvalue weighted by molar-refractivity contribution is 9.10. The SMILES string of the molecule is COC(=O)C(OCc1ccccc1Br)C(=O)Nc1ccc([N+](=O)[O-])cc1. The molecule has 0 radical (unpaired) electrons. The predicted molar refractivity (Wildman–Crippen MR) is 96.5 cm³/mol. The van der Waals surface area contributed by atoms with Gasteiger partial charge in [-0.2, -0.15) is 0 Å². The van der Waals surface area contributed by atoms with E-state index in [-0.39, 0.29) is 12.3 Å². The lowest BCUT2D eigenvalue weighted by molar-refractivity contribution is -0.384. The molecule has 0 aliphatic rings. The molecule has 0 aliphatic heterocycles. The summed E-state index contributed by atoms with van der Waals surface area (Å²) in [5, 5.41) is 13.1. The monoisotopic (exact) mass is 422 g/mol. The van der Waals surface area contributed by atoms with Crippen molar-refractivity contribution in [1.29, 1.82) is 0 Å². The number of esters is 1. The van der Waals surface area contributed by atoms with Gasteiger partial charge in [-0.3, -0.25) is 14.9 Å². The molecule has 0 heterocycles. The van der Waals surface area contributed by atoms with Gasteiger partial charge in [0.15, 0.2) is 0 Å². The summed E-state index contributed by atoms with van der Waals surface area (Å²) in [5.41, 5.74) is 0.932. The molecule has 0 aromatic heterocycles. The van der Waals surface area contributed by atoms with Crippen LogP contribution in [0, 0.1) is 10.1 Å². The molecule has 2 aromatic rings. The van der Waals surface area contributed by atoms with E-state index in [1.54, 1.807) is 12.1 Å². The highest BCUT2D eigenvalue weighted by Crippen LogP contribution is 2.19. The molecule has 0 spiro atoms. The molecule has 0 fully saturated rings. The van der Waals surface area contributed by atoms with E-state index in [0.717, 1.165) is 17.1 Å². The van der Waals surface area contributed by atoms with Crippen molar-refractivity contribution < 1.29 is 24.0 Å². The summed E-state index contributed by atoms with van der Waals surface area (Å²) in [7, 11) is 1.15. The number of halogens is 1. The summed E-state index contributed by atoms with van der Waals surface area (Å²) >= 11 is 3.36. The summed E-state index contributed by atoms with van der Waals surface area (Å²) in [6.45, 7) is 0.00880. The first-order valence-electron chi connectivity index (χ1n) is 7.40. The Bertz CT molecular complexity index is 809. The Morgan fingerprint density at radius 1 is 1.19 bits per heavy atom. The number of carbonyl (C=O) groups is 2. The smallest absolute Gasteiger partial charge is 0.344 e. The topological polar surface area (TPSA) is 108 Å². The van der Waals surface area contributed by atoms with Gasteiger partial charge in [-0.25, -0.2) is 4.79 Å². The second-order valence-corrected chi connectivity index (χ2v) is 5.95. The molecule has 1 amide bonds. The Labute approximate surface area is 157 Å². The maximum atomic E-state index is 12.4. The summed E-state index contributed by atoms with van der Waals surface area (Å²) < 4.78 is 10.8. The lowest BCUT2D eigenvalue weighted by Crippen LogP contribution is -2.38. The van der Waals surface area contributed by atoms with Gasteiger partial charge in [0.1, 0.15) is 0 Å². The van der Waals surface area contributed by atoms with E-state index in [1.165, 1.54) is 24.3 Å². The molecule has 1 N–H and O–H groups in total. The van der Waals surface area contributed by atoms with Crippen molar-refractivity contribution >= 4 is 39.2 Å². The Hall–Kier alpha value is -2.78. The van der Waals surface area contributed by atoms with Gasteiger partial charge < -0.3 is 14.8 Å². The van der Waals surface area contributed by atoms with Crippen LogP contribution in [0.5, 0.6) is 0 Å². The number of anilines is 1. The van der Waals surface area contributed by atoms with Crippen LogP contribution in [0.1, 0.15) is 5.56 Å². The van der Waals surface area contributed by atoms with Gasteiger partial charge in [0.05, 0.1) is 18.6 Å². The van der Waals surface area contributed by atoms with Gasteiger partial charge in [-0.1, -0.05) is 34.1 Å². The van der Waals surface area contributed by atoms with Crippen LogP contribution in [0.15, 0.2) is 53.0 Å². The highest BCUT2D eigenvalue weighted by atomic mass is 79.9. The Balaban J connectivity index is 2.08. The first-order valence-corrected chi connectivity index (χ1v) is 8.20. The number of methoxy groups -OCH3 is 1. The highest BCUT2D eigenvalue weighted by Gasteiger charge is 2.29. The van der Waals surface area contributed by atoms with Crippen molar-refractivity contribution in [3.63, 3.8) is 0 Å². The van der Waals surface area contributed by atoms with Gasteiger partial charge in [0.25, 0.3) is 11.6 Å². The van der Waals surface area contributed by atoms with Crippen LogP contribution in [0.3, 0.4) is 0 Å². The van der Waals surface area contributed by atoms with E-state index in [9.17, 15) is 19.7 Å². The standard InChI is InChI=1S/C17H15BrN2O6/c1-25-17(22)15(26-10-11-4-2-3-5-14(11)18)16(21)19-12-6-8-13(9-7-12)20(23)24/h2-9,15H,10H2,1H3,(H,19,21). The molecule has 2 aromatic carbocycles. The zero-order valence-electron chi connectivity index (χ0n) is 13.7. The van der Waals surface area contributed by atoms with Gasteiger partial charge in [0.2, 0.25) is 6.10 Å². The molecule has 0 saturated carbocycles. The summed E-state index contributed by atoms with van der Waals surface area (Å²) in [4.78, 5) is 34.3. The first kappa shape index (κ1) is 19.5. The number of ether oxygens (including phenoxy) is 2. The number of hydrogen-bond donors (Lipinski definition) is 1. The molecule has 136 valence electrons. The van der Waals surface area contributed by atoms with Crippen molar-refractivity contribution in [3.8, 4) is 0 Å². The maximum Gasteiger partial charge on any atom is 0.344 e. The average Bonchev–Trinajstić information content (AvgIpc) is 2.63. The molecule has 8 nitrogen and oxygen atoms in total. The number of amides is 1. The lowest BCUT2D eigenvalue weighted by atomic mass is 10.2. The maximum absolute atomic E-state index is 12.4. The van der Waals surface area contributed by atoms with Gasteiger partial charge >= 0.3 is 5.97 Å². The molecule has 26 heavy (non-hydrogen) atoms. The predicted octanol–water partition coefficient (Wildman–Crippen LogP) is 3.05. The number of benzene rings is 2. The number of nitro groups is 1. The molecule has 0 aliphatic carbocycles. The molecule has 2 rings (SSSR count). The van der Waals surface area contributed by atoms with E-state index >= 15 is 0 Å². The number of nitrogens with one attached hydrogen (secondary N) is 1. The summed E-state index contributed by atoms with van der Waals surface area (Å²) in [6.07, 6.45) is -1.48. The minimum atomic E-state index is -1.48. The van der Waals surface area contributed by atoms with Crippen LogP contribution >= 0.6 is 15.9 Å². The summed E-state index contributed by atoms with van der Waals surface area (Å²) in [5.74, 6) is -1.59. The van der Waals surface area contributed by atoms with Crippen molar-refractivity contribution in [2.75, 3.05) is 12.4 Å². The lowest BCUT2D eigenvalue weighted by Gasteiger charge is -2.16. The van der Waals surface area contributed by atoms with Crippen molar-refractivity contribution in [2.24, 2.45) is 0 Å². The molecule has 1 atom stereocenters. The third-order valence-electron chi connectivity index (χ3n) is 3.36. The zero-order valence-corrected chi connectivity index (χ0v) is 15.3. The minimum absolute atomic E-state index is 0.00880. The van der Waals surface area contributed by atoms with Gasteiger partial charge in [-0.05, 0) is 23.8 Å². The van der Waals surface area contributed by atoms with Crippen LogP contribution < -0.4 is 5.32 Å². The van der Waals surface area contributed by atoms with E-state index in [1.807, 2.05) is 12.1 Å². The largest absolute Gasteiger partial charge is 0.467 e. The van der Waals surface area contributed by atoms with Gasteiger partial charge in [0, 0.05) is 22.3 Å². The number of non-ortho nitro benzene ring substituents is 1. The second-order valence-electron chi connectivity index (χ2n) is 5.10. The fraction of sp³-hybridized carbons (Fsp3) is 0.176. The van der Waals surface area contributed by atoms with E-state index in [4.69, 9.17) is 4.74 Å². The van der Waals surface area contributed by atoms with Crippen LogP contribution in [-0.2, 0) is 25.7 Å². The number of nitro benzene ring substituents is 1. The summed E-state index contributed by atoms with van der Waals surface area (Å²) in [6, 6.07) is 12.4. The van der Waals surface area contributed by atoms with E-state index in [2.05, 4.69) is 26.0 Å². The molecule has 9 heteroatoms. The fourth-order valence-corrected chi connectivity index (χ4v) is 2.42. The van der Waals surface area contributed by atoms with Crippen molar-refractivity contribution in [3.05, 3.63) is 68.7 Å². The molecule has 0 bridgehead atoms. The minimum Gasteiger partial charge on any atom is -0.467 e.